The molecule has 2 aliphatic heterocycles. The van der Waals surface area contributed by atoms with Crippen LogP contribution in [0.15, 0.2) is 18.2 Å². The summed E-state index contributed by atoms with van der Waals surface area (Å²) in [7, 11) is 0. The maximum Gasteiger partial charge on any atom is 0.275 e. The van der Waals surface area contributed by atoms with Crippen molar-refractivity contribution < 1.29 is 24.3 Å². The molecule has 4 atom stereocenters. The molecule has 2 fully saturated rings. The maximum atomic E-state index is 12.6. The molecule has 0 bridgehead atoms. The van der Waals surface area contributed by atoms with E-state index in [2.05, 4.69) is 24.4 Å². The van der Waals surface area contributed by atoms with Gasteiger partial charge >= 0.3 is 0 Å². The number of carbonyl (C=O) groups excluding carboxylic acids is 1. The summed E-state index contributed by atoms with van der Waals surface area (Å²) < 4.78 is 11.1. The number of piperidine rings is 1. The van der Waals surface area contributed by atoms with E-state index >= 15 is 0 Å². The molecule has 0 spiro atoms. The van der Waals surface area contributed by atoms with Crippen molar-refractivity contribution in [3.05, 3.63) is 23.8 Å². The van der Waals surface area contributed by atoms with Crippen molar-refractivity contribution in [3.63, 3.8) is 0 Å². The first kappa shape index (κ1) is 19.5. The molecule has 1 aromatic rings. The minimum Gasteiger partial charge on any atom is -0.454 e. The van der Waals surface area contributed by atoms with E-state index in [-0.39, 0.29) is 24.7 Å². The number of likely N-dealkylation sites (tertiary alicyclic amines) is 1. The summed E-state index contributed by atoms with van der Waals surface area (Å²) in [6, 6.07) is 6.22. The SMILES string of the molecule is CCCCNC(=O)C[NH+]1CC[C@]2(O)CCCC[C@@H]2[C@H]1c1ccc2c(c1)OCO2. The van der Waals surface area contributed by atoms with Gasteiger partial charge in [-0.05, 0) is 37.5 Å². The second-order valence-electron chi connectivity index (χ2n) is 8.58. The van der Waals surface area contributed by atoms with Crippen LogP contribution in [0.1, 0.15) is 63.5 Å². The van der Waals surface area contributed by atoms with Gasteiger partial charge in [0, 0.05) is 24.4 Å². The topological polar surface area (TPSA) is 72.2 Å². The van der Waals surface area contributed by atoms with Crippen LogP contribution in [0.5, 0.6) is 11.5 Å². The number of hydrogen-bond acceptors (Lipinski definition) is 4. The highest BCUT2D eigenvalue weighted by Gasteiger charge is 2.52. The number of ether oxygens (including phenoxy) is 2. The average Bonchev–Trinajstić information content (AvgIpc) is 3.16. The monoisotopic (exact) mass is 389 g/mol. The van der Waals surface area contributed by atoms with Gasteiger partial charge in [0.1, 0.15) is 6.04 Å². The van der Waals surface area contributed by atoms with Gasteiger partial charge in [0.05, 0.1) is 12.1 Å². The minimum atomic E-state index is -0.610. The fourth-order valence-electron chi connectivity index (χ4n) is 5.30. The summed E-state index contributed by atoms with van der Waals surface area (Å²) in [5.41, 5.74) is 0.534. The molecule has 6 heteroatoms. The smallest absolute Gasteiger partial charge is 0.275 e. The Morgan fingerprint density at radius 2 is 2.14 bits per heavy atom. The van der Waals surface area contributed by atoms with Crippen molar-refractivity contribution in [1.29, 1.82) is 0 Å². The number of hydrogen-bond donors (Lipinski definition) is 3. The first-order valence-electron chi connectivity index (χ1n) is 10.8. The molecule has 1 amide bonds. The van der Waals surface area contributed by atoms with Crippen molar-refractivity contribution in [2.75, 3.05) is 26.4 Å². The highest BCUT2D eigenvalue weighted by Crippen LogP contribution is 2.45. The minimum absolute atomic E-state index is 0.102. The fourth-order valence-corrected chi connectivity index (χ4v) is 5.30. The largest absolute Gasteiger partial charge is 0.454 e. The van der Waals surface area contributed by atoms with Crippen molar-refractivity contribution in [2.45, 2.75) is 63.5 Å². The molecule has 1 aliphatic carbocycles. The van der Waals surface area contributed by atoms with Crippen molar-refractivity contribution >= 4 is 5.91 Å². The molecule has 1 saturated heterocycles. The van der Waals surface area contributed by atoms with E-state index in [9.17, 15) is 9.90 Å². The maximum absolute atomic E-state index is 12.6. The quantitative estimate of drug-likeness (QED) is 0.646. The summed E-state index contributed by atoms with van der Waals surface area (Å²) in [5.74, 6) is 1.83. The standard InChI is InChI=1S/C22H32N2O4/c1-2-3-11-23-20(25)14-24-12-10-22(26)9-5-4-6-17(22)21(24)16-7-8-18-19(13-16)28-15-27-18/h7-8,13,17,21,26H,2-6,9-12,14-15H2,1H3,(H,23,25)/p+1/t17-,21-,22-/m1/s1. The lowest BCUT2D eigenvalue weighted by Gasteiger charge is -2.50. The molecule has 0 radical (unpaired) electrons. The second-order valence-corrected chi connectivity index (χ2v) is 8.58. The lowest BCUT2D eigenvalue weighted by Crippen LogP contribution is -3.16. The Morgan fingerprint density at radius 3 is 3.00 bits per heavy atom. The van der Waals surface area contributed by atoms with Crippen LogP contribution in [0.2, 0.25) is 0 Å². The average molecular weight is 390 g/mol. The normalized spacial score (nSPS) is 31.3. The molecule has 1 saturated carbocycles. The predicted molar refractivity (Wildman–Crippen MR) is 105 cm³/mol. The molecule has 3 N–H and O–H groups in total. The fraction of sp³-hybridized carbons (Fsp3) is 0.682. The molecule has 28 heavy (non-hydrogen) atoms. The van der Waals surface area contributed by atoms with Gasteiger partial charge in [-0.3, -0.25) is 4.79 Å². The van der Waals surface area contributed by atoms with Gasteiger partial charge in [-0.2, -0.15) is 0 Å². The number of aliphatic hydroxyl groups is 1. The van der Waals surface area contributed by atoms with Crippen LogP contribution in [0.3, 0.4) is 0 Å². The number of nitrogens with one attached hydrogen (secondary N) is 2. The number of fused-ring (bicyclic) bond motifs is 2. The van der Waals surface area contributed by atoms with E-state index in [1.54, 1.807) is 0 Å². The third kappa shape index (κ3) is 3.85. The molecule has 1 aromatic carbocycles. The summed E-state index contributed by atoms with van der Waals surface area (Å²) >= 11 is 0. The van der Waals surface area contributed by atoms with E-state index in [4.69, 9.17) is 9.47 Å². The highest BCUT2D eigenvalue weighted by atomic mass is 16.7. The molecule has 4 rings (SSSR count). The first-order chi connectivity index (χ1) is 13.6. The summed E-state index contributed by atoms with van der Waals surface area (Å²) in [5, 5.41) is 14.4. The highest BCUT2D eigenvalue weighted by molar-refractivity contribution is 5.76. The second kappa shape index (κ2) is 8.29. The van der Waals surface area contributed by atoms with Gasteiger partial charge < -0.3 is 24.8 Å². The van der Waals surface area contributed by atoms with Crippen LogP contribution in [-0.2, 0) is 4.79 Å². The number of unbranched alkanes of at least 4 members (excludes halogenated alkanes) is 1. The number of carbonyl (C=O) groups is 1. The number of quaternary nitrogens is 1. The molecule has 0 aromatic heterocycles. The zero-order valence-corrected chi connectivity index (χ0v) is 16.8. The zero-order chi connectivity index (χ0) is 19.6. The van der Waals surface area contributed by atoms with Crippen LogP contribution < -0.4 is 19.7 Å². The van der Waals surface area contributed by atoms with Gasteiger partial charge in [-0.15, -0.1) is 0 Å². The number of rotatable bonds is 6. The number of benzene rings is 1. The van der Waals surface area contributed by atoms with Gasteiger partial charge in [-0.1, -0.05) is 26.2 Å². The van der Waals surface area contributed by atoms with Crippen LogP contribution in [0.25, 0.3) is 0 Å². The van der Waals surface area contributed by atoms with E-state index in [1.807, 2.05) is 6.07 Å². The van der Waals surface area contributed by atoms with Gasteiger partial charge in [0.2, 0.25) is 6.79 Å². The van der Waals surface area contributed by atoms with E-state index in [0.717, 1.165) is 75.1 Å². The van der Waals surface area contributed by atoms with Gasteiger partial charge in [-0.25, -0.2) is 0 Å². The van der Waals surface area contributed by atoms with E-state index in [1.165, 1.54) is 4.90 Å². The Hall–Kier alpha value is -1.79. The van der Waals surface area contributed by atoms with Crippen LogP contribution in [0, 0.1) is 5.92 Å². The molecule has 3 aliphatic rings. The van der Waals surface area contributed by atoms with E-state index < -0.39 is 5.60 Å². The Morgan fingerprint density at radius 1 is 1.29 bits per heavy atom. The molecule has 154 valence electrons. The lowest BCUT2D eigenvalue weighted by molar-refractivity contribution is -0.937. The Bertz CT molecular complexity index is 710. The van der Waals surface area contributed by atoms with Crippen molar-refractivity contribution in [1.82, 2.24) is 5.32 Å². The molecule has 6 nitrogen and oxygen atoms in total. The Kier molecular flexibility index (Phi) is 5.78. The summed E-state index contributed by atoms with van der Waals surface area (Å²) in [6.45, 7) is 4.39. The molecular formula is C22H33N2O4+. The lowest BCUT2D eigenvalue weighted by atomic mass is 9.66. The van der Waals surface area contributed by atoms with Crippen LogP contribution in [-0.4, -0.2) is 43.0 Å². The zero-order valence-electron chi connectivity index (χ0n) is 16.8. The van der Waals surface area contributed by atoms with Crippen LogP contribution in [0.4, 0.5) is 0 Å². The van der Waals surface area contributed by atoms with Crippen molar-refractivity contribution in [3.8, 4) is 11.5 Å². The molecular weight excluding hydrogens is 356 g/mol. The van der Waals surface area contributed by atoms with Gasteiger partial charge in [0.25, 0.3) is 5.91 Å². The molecule has 1 unspecified atom stereocenters. The first-order valence-corrected chi connectivity index (χ1v) is 10.8. The Labute approximate surface area is 167 Å². The third-order valence-electron chi connectivity index (χ3n) is 6.78. The summed E-state index contributed by atoms with van der Waals surface area (Å²) in [4.78, 5) is 13.8. The third-order valence-corrected chi connectivity index (χ3v) is 6.78. The van der Waals surface area contributed by atoms with Crippen LogP contribution >= 0.6 is 0 Å². The predicted octanol–water partition coefficient (Wildman–Crippen LogP) is 1.58. The van der Waals surface area contributed by atoms with Gasteiger partial charge in [0.15, 0.2) is 18.0 Å². The number of amides is 1. The van der Waals surface area contributed by atoms with E-state index in [0.29, 0.717) is 6.54 Å². The summed E-state index contributed by atoms with van der Waals surface area (Å²) in [6.07, 6.45) is 6.97. The Balaban J connectivity index is 1.58. The van der Waals surface area contributed by atoms with Crippen molar-refractivity contribution in [2.24, 2.45) is 5.92 Å². The molecule has 2 heterocycles.